The lowest BCUT2D eigenvalue weighted by Crippen LogP contribution is -2.50. The van der Waals surface area contributed by atoms with E-state index in [0.717, 1.165) is 44.9 Å². The SMILES string of the molecule is CCN=C(NC1CCN(CC(N)=O)CC1)NC1CC1c1ccccc1.I. The highest BCUT2D eigenvalue weighted by atomic mass is 127. The van der Waals surface area contributed by atoms with Crippen molar-refractivity contribution < 1.29 is 4.79 Å². The summed E-state index contributed by atoms with van der Waals surface area (Å²) in [5.74, 6) is 1.25. The van der Waals surface area contributed by atoms with Gasteiger partial charge in [-0.15, -0.1) is 24.0 Å². The summed E-state index contributed by atoms with van der Waals surface area (Å²) in [7, 11) is 0. The second kappa shape index (κ2) is 10.1. The zero-order valence-corrected chi connectivity index (χ0v) is 17.7. The van der Waals surface area contributed by atoms with Gasteiger partial charge in [0.05, 0.1) is 6.54 Å². The van der Waals surface area contributed by atoms with Crippen molar-refractivity contribution in [2.24, 2.45) is 10.7 Å². The molecule has 1 aliphatic heterocycles. The monoisotopic (exact) mass is 471 g/mol. The van der Waals surface area contributed by atoms with Crippen molar-refractivity contribution in [2.75, 3.05) is 26.2 Å². The van der Waals surface area contributed by atoms with Crippen LogP contribution < -0.4 is 16.4 Å². The molecule has 2 aliphatic rings. The molecule has 7 heteroatoms. The van der Waals surface area contributed by atoms with E-state index in [9.17, 15) is 4.79 Å². The van der Waals surface area contributed by atoms with Gasteiger partial charge in [-0.25, -0.2) is 0 Å². The number of rotatable bonds is 6. The Hall–Kier alpha value is -1.35. The number of hydrogen-bond donors (Lipinski definition) is 3. The maximum atomic E-state index is 11.0. The lowest BCUT2D eigenvalue weighted by Gasteiger charge is -2.32. The summed E-state index contributed by atoms with van der Waals surface area (Å²) in [5.41, 5.74) is 6.67. The molecular weight excluding hydrogens is 441 g/mol. The molecule has 1 saturated carbocycles. The number of primary amides is 1. The summed E-state index contributed by atoms with van der Waals surface area (Å²) >= 11 is 0. The van der Waals surface area contributed by atoms with E-state index in [0.29, 0.717) is 24.5 Å². The van der Waals surface area contributed by atoms with Crippen molar-refractivity contribution in [3.63, 3.8) is 0 Å². The number of benzene rings is 1. The predicted molar refractivity (Wildman–Crippen MR) is 116 cm³/mol. The molecule has 0 spiro atoms. The first-order valence-corrected chi connectivity index (χ1v) is 9.29. The summed E-state index contributed by atoms with van der Waals surface area (Å²) < 4.78 is 0. The molecule has 2 unspecified atom stereocenters. The Balaban J connectivity index is 0.00000243. The molecule has 2 atom stereocenters. The van der Waals surface area contributed by atoms with Gasteiger partial charge in [-0.05, 0) is 31.7 Å². The van der Waals surface area contributed by atoms with Crippen LogP contribution in [0.25, 0.3) is 0 Å². The van der Waals surface area contributed by atoms with E-state index in [1.165, 1.54) is 5.56 Å². The first-order chi connectivity index (χ1) is 12.2. The highest BCUT2D eigenvalue weighted by molar-refractivity contribution is 14.0. The number of nitrogens with one attached hydrogen (secondary N) is 2. The third kappa shape index (κ3) is 6.12. The van der Waals surface area contributed by atoms with Crippen LogP contribution >= 0.6 is 24.0 Å². The van der Waals surface area contributed by atoms with E-state index in [1.54, 1.807) is 0 Å². The molecule has 144 valence electrons. The van der Waals surface area contributed by atoms with E-state index in [2.05, 4.69) is 57.8 Å². The smallest absolute Gasteiger partial charge is 0.231 e. The van der Waals surface area contributed by atoms with Crippen LogP contribution in [-0.2, 0) is 4.79 Å². The number of likely N-dealkylation sites (tertiary alicyclic amines) is 1. The van der Waals surface area contributed by atoms with E-state index in [1.807, 2.05) is 0 Å². The lowest BCUT2D eigenvalue weighted by molar-refractivity contribution is -0.119. The summed E-state index contributed by atoms with van der Waals surface area (Å²) in [6.45, 7) is 4.98. The fourth-order valence-corrected chi connectivity index (χ4v) is 3.54. The standard InChI is InChI=1S/C19H29N5O.HI/c1-2-21-19(22-15-8-10-24(11-9-15)13-18(20)25)23-17-12-16(17)14-6-4-3-5-7-14;/h3-7,15-17H,2,8-13H2,1H3,(H2,20,25)(H2,21,22,23);1H. The Morgan fingerprint density at radius 1 is 1.23 bits per heavy atom. The summed E-state index contributed by atoms with van der Waals surface area (Å²) in [6, 6.07) is 11.5. The van der Waals surface area contributed by atoms with Gasteiger partial charge in [0.2, 0.25) is 5.91 Å². The molecule has 0 radical (unpaired) electrons. The number of amides is 1. The largest absolute Gasteiger partial charge is 0.369 e. The first-order valence-electron chi connectivity index (χ1n) is 9.29. The maximum absolute atomic E-state index is 11.0. The summed E-state index contributed by atoms with van der Waals surface area (Å²) in [5, 5.41) is 7.15. The normalized spacial score (nSPS) is 23.8. The van der Waals surface area contributed by atoms with Crippen molar-refractivity contribution in [1.29, 1.82) is 0 Å². The highest BCUT2D eigenvalue weighted by Gasteiger charge is 2.39. The van der Waals surface area contributed by atoms with Crippen LogP contribution in [0.1, 0.15) is 37.7 Å². The molecule has 3 rings (SSSR count). The summed E-state index contributed by atoms with van der Waals surface area (Å²) in [6.07, 6.45) is 3.17. The number of nitrogens with two attached hydrogens (primary N) is 1. The Kier molecular flexibility index (Phi) is 8.15. The molecule has 26 heavy (non-hydrogen) atoms. The van der Waals surface area contributed by atoms with Crippen molar-refractivity contribution in [3.05, 3.63) is 35.9 Å². The number of aliphatic imine (C=N–C) groups is 1. The van der Waals surface area contributed by atoms with Crippen molar-refractivity contribution in [1.82, 2.24) is 15.5 Å². The van der Waals surface area contributed by atoms with Gasteiger partial charge in [0.15, 0.2) is 5.96 Å². The second-order valence-electron chi connectivity index (χ2n) is 6.99. The van der Waals surface area contributed by atoms with Crippen LogP contribution in [0.15, 0.2) is 35.3 Å². The Bertz CT molecular complexity index is 601. The van der Waals surface area contributed by atoms with Crippen molar-refractivity contribution >= 4 is 35.8 Å². The minimum atomic E-state index is -0.248. The number of carbonyl (C=O) groups excluding carboxylic acids is 1. The quantitative estimate of drug-likeness (QED) is 0.335. The third-order valence-corrected chi connectivity index (χ3v) is 4.96. The second-order valence-corrected chi connectivity index (χ2v) is 6.99. The van der Waals surface area contributed by atoms with E-state index in [4.69, 9.17) is 5.73 Å². The van der Waals surface area contributed by atoms with Crippen molar-refractivity contribution in [3.8, 4) is 0 Å². The van der Waals surface area contributed by atoms with Crippen LogP contribution in [0.3, 0.4) is 0 Å². The van der Waals surface area contributed by atoms with Gasteiger partial charge in [0.25, 0.3) is 0 Å². The van der Waals surface area contributed by atoms with E-state index < -0.39 is 0 Å². The van der Waals surface area contributed by atoms with Gasteiger partial charge < -0.3 is 16.4 Å². The van der Waals surface area contributed by atoms with Crippen LogP contribution in [0.4, 0.5) is 0 Å². The molecule has 1 aromatic rings. The van der Waals surface area contributed by atoms with E-state index in [-0.39, 0.29) is 29.9 Å². The van der Waals surface area contributed by atoms with Gasteiger partial charge >= 0.3 is 0 Å². The number of piperidine rings is 1. The number of nitrogens with zero attached hydrogens (tertiary/aromatic N) is 2. The van der Waals surface area contributed by atoms with Crippen molar-refractivity contribution in [2.45, 2.75) is 44.2 Å². The molecule has 4 N–H and O–H groups in total. The lowest BCUT2D eigenvalue weighted by atomic mass is 10.1. The Morgan fingerprint density at radius 2 is 1.92 bits per heavy atom. The minimum Gasteiger partial charge on any atom is -0.369 e. The average molecular weight is 471 g/mol. The number of carbonyl (C=O) groups is 1. The molecule has 0 bridgehead atoms. The van der Waals surface area contributed by atoms with Gasteiger partial charge in [-0.1, -0.05) is 30.3 Å². The van der Waals surface area contributed by atoms with Crippen LogP contribution in [-0.4, -0.2) is 55.0 Å². The number of halogens is 1. The van der Waals surface area contributed by atoms with Gasteiger partial charge in [-0.2, -0.15) is 0 Å². The Morgan fingerprint density at radius 3 is 2.54 bits per heavy atom. The van der Waals surface area contributed by atoms with Gasteiger partial charge in [0.1, 0.15) is 0 Å². The van der Waals surface area contributed by atoms with Gasteiger partial charge in [0, 0.05) is 37.6 Å². The molecular formula is C19H30IN5O. The predicted octanol–water partition coefficient (Wildman–Crippen LogP) is 1.67. The molecule has 6 nitrogen and oxygen atoms in total. The highest BCUT2D eigenvalue weighted by Crippen LogP contribution is 2.40. The zero-order chi connectivity index (χ0) is 17.6. The minimum absolute atomic E-state index is 0. The number of hydrogen-bond acceptors (Lipinski definition) is 3. The molecule has 1 aromatic carbocycles. The first kappa shape index (κ1) is 21.0. The third-order valence-electron chi connectivity index (χ3n) is 4.96. The van der Waals surface area contributed by atoms with Crippen LogP contribution in [0.2, 0.25) is 0 Å². The fraction of sp³-hybridized carbons (Fsp3) is 0.579. The average Bonchev–Trinajstić information content (AvgIpc) is 3.36. The Labute approximate surface area is 173 Å². The van der Waals surface area contributed by atoms with Gasteiger partial charge in [-0.3, -0.25) is 14.7 Å². The van der Waals surface area contributed by atoms with Crippen LogP contribution in [0.5, 0.6) is 0 Å². The molecule has 0 aromatic heterocycles. The maximum Gasteiger partial charge on any atom is 0.231 e. The molecule has 2 fully saturated rings. The molecule has 1 aliphatic carbocycles. The summed E-state index contributed by atoms with van der Waals surface area (Å²) in [4.78, 5) is 17.7. The van der Waals surface area contributed by atoms with Crippen LogP contribution in [0, 0.1) is 0 Å². The molecule has 1 saturated heterocycles. The number of guanidine groups is 1. The fourth-order valence-electron chi connectivity index (χ4n) is 3.54. The zero-order valence-electron chi connectivity index (χ0n) is 15.4. The topological polar surface area (TPSA) is 82.8 Å². The van der Waals surface area contributed by atoms with E-state index >= 15 is 0 Å². The molecule has 1 heterocycles. The molecule has 1 amide bonds.